The van der Waals surface area contributed by atoms with E-state index in [1.165, 1.54) is 0 Å². The number of amides is 1. The maximum Gasteiger partial charge on any atom is 0.329 e. The zero-order chi connectivity index (χ0) is 17.8. The van der Waals surface area contributed by atoms with E-state index >= 15 is 0 Å². The quantitative estimate of drug-likeness (QED) is 0.837. The largest absolute Gasteiger partial charge is 0.458 e. The summed E-state index contributed by atoms with van der Waals surface area (Å²) >= 11 is 0. The van der Waals surface area contributed by atoms with Crippen LogP contribution in [0.1, 0.15) is 70.3 Å². The van der Waals surface area contributed by atoms with E-state index in [2.05, 4.69) is 19.2 Å². The minimum absolute atomic E-state index is 0.0536. The monoisotopic (exact) mass is 319 g/mol. The molecule has 0 saturated carbocycles. The molecule has 0 fully saturated rings. The van der Waals surface area contributed by atoms with Crippen molar-refractivity contribution in [1.82, 2.24) is 5.32 Å². The van der Waals surface area contributed by atoms with Crippen LogP contribution in [0.5, 0.6) is 0 Å². The lowest BCUT2D eigenvalue weighted by Gasteiger charge is -2.26. The summed E-state index contributed by atoms with van der Waals surface area (Å²) in [5.41, 5.74) is 1.08. The number of nitrogens with one attached hydrogen (secondary N) is 1. The van der Waals surface area contributed by atoms with Crippen LogP contribution in [0.2, 0.25) is 0 Å². The van der Waals surface area contributed by atoms with Gasteiger partial charge < -0.3 is 10.1 Å². The molecule has 0 heterocycles. The number of carbonyl (C=O) groups excluding carboxylic acids is 2. The third-order valence-electron chi connectivity index (χ3n) is 3.43. The van der Waals surface area contributed by atoms with Crippen LogP contribution in [0, 0.1) is 5.92 Å². The zero-order valence-electron chi connectivity index (χ0n) is 15.3. The van der Waals surface area contributed by atoms with Crippen molar-refractivity contribution in [2.45, 2.75) is 66.0 Å². The summed E-state index contributed by atoms with van der Waals surface area (Å²) in [7, 11) is 0. The van der Waals surface area contributed by atoms with E-state index in [1.54, 1.807) is 6.07 Å². The van der Waals surface area contributed by atoms with Gasteiger partial charge in [-0.1, -0.05) is 39.8 Å². The third-order valence-corrected chi connectivity index (χ3v) is 3.43. The molecular formula is C19H29NO3. The highest BCUT2D eigenvalue weighted by atomic mass is 16.6. The van der Waals surface area contributed by atoms with Gasteiger partial charge in [-0.05, 0) is 50.3 Å². The Morgan fingerprint density at radius 3 is 2.17 bits per heavy atom. The van der Waals surface area contributed by atoms with Gasteiger partial charge in [-0.25, -0.2) is 4.79 Å². The molecule has 1 N–H and O–H groups in total. The highest BCUT2D eigenvalue weighted by Crippen LogP contribution is 2.17. The molecule has 1 rings (SSSR count). The average Bonchev–Trinajstić information content (AvgIpc) is 2.42. The molecule has 0 aliphatic carbocycles. The highest BCUT2D eigenvalue weighted by Gasteiger charge is 2.29. The van der Waals surface area contributed by atoms with Crippen molar-refractivity contribution in [3.05, 3.63) is 35.4 Å². The summed E-state index contributed by atoms with van der Waals surface area (Å²) in [5.74, 6) is -0.366. The van der Waals surface area contributed by atoms with Crippen LogP contribution in [0.3, 0.4) is 0 Å². The summed E-state index contributed by atoms with van der Waals surface area (Å²) in [6, 6.07) is 6.82. The van der Waals surface area contributed by atoms with Crippen LogP contribution in [-0.4, -0.2) is 23.5 Å². The van der Waals surface area contributed by atoms with Gasteiger partial charge in [0.2, 0.25) is 0 Å². The van der Waals surface area contributed by atoms with Gasteiger partial charge in [0.25, 0.3) is 5.91 Å². The Morgan fingerprint density at radius 1 is 1.09 bits per heavy atom. The minimum Gasteiger partial charge on any atom is -0.458 e. The van der Waals surface area contributed by atoms with E-state index in [1.807, 2.05) is 52.8 Å². The second-order valence-electron chi connectivity index (χ2n) is 7.51. The summed E-state index contributed by atoms with van der Waals surface area (Å²) in [5, 5.41) is 2.81. The van der Waals surface area contributed by atoms with Gasteiger partial charge in [-0.15, -0.1) is 0 Å². The molecular weight excluding hydrogens is 290 g/mol. The van der Waals surface area contributed by atoms with Crippen LogP contribution >= 0.6 is 0 Å². The number of ether oxygens (including phenoxy) is 1. The van der Waals surface area contributed by atoms with Crippen LogP contribution in [-0.2, 0) is 9.53 Å². The fraction of sp³-hybridized carbons (Fsp3) is 0.579. The summed E-state index contributed by atoms with van der Waals surface area (Å²) < 4.78 is 5.41. The van der Waals surface area contributed by atoms with Crippen molar-refractivity contribution < 1.29 is 14.3 Å². The Kier molecular flexibility index (Phi) is 6.37. The Balaban J connectivity index is 2.90. The second kappa shape index (κ2) is 7.62. The standard InChI is InChI=1S/C19H29NO3/c1-12(2)14-9-8-10-15(11-14)17(21)20-16(13(3)4)18(22)23-19(5,6)7/h8-13,16H,1-7H3,(H,20,21)/t16-/m0/s1. The van der Waals surface area contributed by atoms with Crippen LogP contribution in [0.25, 0.3) is 0 Å². The predicted octanol–water partition coefficient (Wildman–Crippen LogP) is 3.91. The maximum absolute atomic E-state index is 12.5. The van der Waals surface area contributed by atoms with E-state index in [-0.39, 0.29) is 11.8 Å². The number of benzene rings is 1. The van der Waals surface area contributed by atoms with Gasteiger partial charge in [0.05, 0.1) is 0 Å². The maximum atomic E-state index is 12.5. The number of rotatable bonds is 5. The molecule has 0 aromatic heterocycles. The SMILES string of the molecule is CC(C)c1cccc(C(=O)N[C@H](C(=O)OC(C)(C)C)C(C)C)c1. The van der Waals surface area contributed by atoms with Gasteiger partial charge in [0, 0.05) is 5.56 Å². The fourth-order valence-corrected chi connectivity index (χ4v) is 2.13. The molecule has 0 aliphatic heterocycles. The molecule has 128 valence electrons. The van der Waals surface area contributed by atoms with Gasteiger partial charge in [-0.2, -0.15) is 0 Å². The molecule has 0 bridgehead atoms. The third kappa shape index (κ3) is 6.05. The minimum atomic E-state index is -0.663. The second-order valence-corrected chi connectivity index (χ2v) is 7.51. The van der Waals surface area contributed by atoms with Gasteiger partial charge in [-0.3, -0.25) is 4.79 Å². The molecule has 1 amide bonds. The summed E-state index contributed by atoms with van der Waals surface area (Å²) in [6.07, 6.45) is 0. The highest BCUT2D eigenvalue weighted by molar-refractivity contribution is 5.97. The lowest BCUT2D eigenvalue weighted by Crippen LogP contribution is -2.47. The lowest BCUT2D eigenvalue weighted by molar-refractivity contribution is -0.158. The van der Waals surface area contributed by atoms with Crippen molar-refractivity contribution in [2.24, 2.45) is 5.92 Å². The molecule has 1 aromatic rings. The number of esters is 1. The Bertz CT molecular complexity index is 556. The first-order valence-electron chi connectivity index (χ1n) is 8.15. The first kappa shape index (κ1) is 19.2. The molecule has 0 spiro atoms. The smallest absolute Gasteiger partial charge is 0.329 e. The van der Waals surface area contributed by atoms with E-state index in [4.69, 9.17) is 4.74 Å². The van der Waals surface area contributed by atoms with Crippen LogP contribution < -0.4 is 5.32 Å². The van der Waals surface area contributed by atoms with Crippen LogP contribution in [0.15, 0.2) is 24.3 Å². The van der Waals surface area contributed by atoms with Gasteiger partial charge >= 0.3 is 5.97 Å². The Labute approximate surface area is 139 Å². The molecule has 0 aliphatic rings. The van der Waals surface area contributed by atoms with Crippen LogP contribution in [0.4, 0.5) is 0 Å². The van der Waals surface area contributed by atoms with Crippen molar-refractivity contribution in [3.8, 4) is 0 Å². The van der Waals surface area contributed by atoms with E-state index in [0.29, 0.717) is 11.5 Å². The van der Waals surface area contributed by atoms with E-state index < -0.39 is 17.6 Å². The molecule has 0 saturated heterocycles. The topological polar surface area (TPSA) is 55.4 Å². The fourth-order valence-electron chi connectivity index (χ4n) is 2.13. The molecule has 1 aromatic carbocycles. The molecule has 1 atom stereocenters. The number of hydrogen-bond acceptors (Lipinski definition) is 3. The average molecular weight is 319 g/mol. The molecule has 4 nitrogen and oxygen atoms in total. The van der Waals surface area contributed by atoms with Crippen molar-refractivity contribution in [3.63, 3.8) is 0 Å². The number of carbonyl (C=O) groups is 2. The zero-order valence-corrected chi connectivity index (χ0v) is 15.3. The normalized spacial score (nSPS) is 13.1. The number of hydrogen-bond donors (Lipinski definition) is 1. The van der Waals surface area contributed by atoms with E-state index in [9.17, 15) is 9.59 Å². The van der Waals surface area contributed by atoms with Crippen molar-refractivity contribution >= 4 is 11.9 Å². The molecule has 23 heavy (non-hydrogen) atoms. The first-order valence-corrected chi connectivity index (χ1v) is 8.15. The molecule has 4 heteroatoms. The van der Waals surface area contributed by atoms with E-state index in [0.717, 1.165) is 5.56 Å². The van der Waals surface area contributed by atoms with Gasteiger partial charge in [0.15, 0.2) is 0 Å². The Morgan fingerprint density at radius 2 is 1.70 bits per heavy atom. The summed E-state index contributed by atoms with van der Waals surface area (Å²) in [4.78, 5) is 24.8. The lowest BCUT2D eigenvalue weighted by atomic mass is 9.99. The first-order chi connectivity index (χ1) is 10.5. The van der Waals surface area contributed by atoms with Crippen molar-refractivity contribution in [1.29, 1.82) is 0 Å². The Hall–Kier alpha value is -1.84. The summed E-state index contributed by atoms with van der Waals surface area (Å²) in [6.45, 7) is 13.4. The molecule has 0 radical (unpaired) electrons. The van der Waals surface area contributed by atoms with Crippen molar-refractivity contribution in [2.75, 3.05) is 0 Å². The predicted molar refractivity (Wildman–Crippen MR) is 92.5 cm³/mol. The molecule has 0 unspecified atom stereocenters. The van der Waals surface area contributed by atoms with Gasteiger partial charge in [0.1, 0.15) is 11.6 Å².